The number of hydrogen-bond acceptors (Lipinski definition) is 2. The van der Waals surface area contributed by atoms with Crippen molar-refractivity contribution in [1.82, 2.24) is 0 Å². The topological polar surface area (TPSA) is 49.3 Å². The fourth-order valence-corrected chi connectivity index (χ4v) is 1.93. The Kier molecular flexibility index (Phi) is 5.03. The summed E-state index contributed by atoms with van der Waals surface area (Å²) in [5.41, 5.74) is -1.15. The fraction of sp³-hybridized carbons (Fsp3) is 0.500. The summed E-state index contributed by atoms with van der Waals surface area (Å²) in [6.07, 6.45) is -3.46. The smallest absolute Gasteiger partial charge is 0.416 e. The van der Waals surface area contributed by atoms with Gasteiger partial charge < -0.3 is 10.4 Å². The highest BCUT2D eigenvalue weighted by atomic mass is 19.4. The van der Waals surface area contributed by atoms with Crippen LogP contribution in [0.4, 0.5) is 18.9 Å². The molecule has 1 aromatic carbocycles. The SMILES string of the molecule is CCC(CC)(CNc1ccc(C(F)(F)F)cc1)C(=O)O. The summed E-state index contributed by atoms with van der Waals surface area (Å²) < 4.78 is 37.2. The molecule has 0 spiro atoms. The molecular weight excluding hydrogens is 271 g/mol. The van der Waals surface area contributed by atoms with Gasteiger partial charge in [-0.3, -0.25) is 4.79 Å². The van der Waals surface area contributed by atoms with Crippen LogP contribution in [0.2, 0.25) is 0 Å². The molecule has 0 radical (unpaired) electrons. The molecule has 0 amide bonds. The third-order valence-corrected chi connectivity index (χ3v) is 3.65. The van der Waals surface area contributed by atoms with Gasteiger partial charge in [-0.15, -0.1) is 0 Å². The van der Waals surface area contributed by atoms with Crippen LogP contribution in [-0.4, -0.2) is 17.6 Å². The summed E-state index contributed by atoms with van der Waals surface area (Å²) in [7, 11) is 0. The number of anilines is 1. The van der Waals surface area contributed by atoms with Gasteiger partial charge in [-0.2, -0.15) is 13.2 Å². The third kappa shape index (κ3) is 3.65. The van der Waals surface area contributed by atoms with E-state index < -0.39 is 23.1 Å². The maximum absolute atomic E-state index is 12.4. The summed E-state index contributed by atoms with van der Waals surface area (Å²) in [6, 6.07) is 4.56. The largest absolute Gasteiger partial charge is 0.481 e. The van der Waals surface area contributed by atoms with Crippen molar-refractivity contribution in [2.45, 2.75) is 32.9 Å². The first-order valence-corrected chi connectivity index (χ1v) is 6.39. The van der Waals surface area contributed by atoms with E-state index in [9.17, 15) is 23.1 Å². The van der Waals surface area contributed by atoms with Gasteiger partial charge >= 0.3 is 12.1 Å². The van der Waals surface area contributed by atoms with Gasteiger partial charge in [-0.1, -0.05) is 13.8 Å². The average Bonchev–Trinajstić information content (AvgIpc) is 2.39. The Morgan fingerprint density at radius 2 is 1.65 bits per heavy atom. The number of nitrogens with one attached hydrogen (secondary N) is 1. The van der Waals surface area contributed by atoms with Gasteiger partial charge in [-0.25, -0.2) is 0 Å². The van der Waals surface area contributed by atoms with E-state index in [0.717, 1.165) is 12.1 Å². The van der Waals surface area contributed by atoms with E-state index in [2.05, 4.69) is 5.32 Å². The van der Waals surface area contributed by atoms with Gasteiger partial charge in [0.05, 0.1) is 11.0 Å². The van der Waals surface area contributed by atoms with Gasteiger partial charge in [0, 0.05) is 12.2 Å². The zero-order chi connectivity index (χ0) is 15.4. The van der Waals surface area contributed by atoms with E-state index in [1.807, 2.05) is 0 Å². The summed E-state index contributed by atoms with van der Waals surface area (Å²) in [6.45, 7) is 3.75. The molecule has 0 fully saturated rings. The van der Waals surface area contributed by atoms with E-state index in [1.54, 1.807) is 13.8 Å². The monoisotopic (exact) mass is 289 g/mol. The molecule has 0 saturated heterocycles. The summed E-state index contributed by atoms with van der Waals surface area (Å²) in [4.78, 5) is 11.3. The van der Waals surface area contributed by atoms with Crippen molar-refractivity contribution in [3.8, 4) is 0 Å². The van der Waals surface area contributed by atoms with Crippen molar-refractivity contribution >= 4 is 11.7 Å². The first-order chi connectivity index (χ1) is 9.25. The molecule has 0 aliphatic carbocycles. The predicted molar refractivity (Wildman–Crippen MR) is 70.6 cm³/mol. The number of benzene rings is 1. The Bertz CT molecular complexity index is 450. The zero-order valence-corrected chi connectivity index (χ0v) is 11.4. The van der Waals surface area contributed by atoms with Crippen LogP contribution in [0.25, 0.3) is 0 Å². The third-order valence-electron chi connectivity index (χ3n) is 3.65. The minimum atomic E-state index is -4.36. The van der Waals surface area contributed by atoms with Crippen molar-refractivity contribution in [3.05, 3.63) is 29.8 Å². The molecule has 0 bridgehead atoms. The van der Waals surface area contributed by atoms with E-state index in [1.165, 1.54) is 12.1 Å². The molecule has 1 aromatic rings. The highest BCUT2D eigenvalue weighted by Gasteiger charge is 2.34. The van der Waals surface area contributed by atoms with Crippen LogP contribution in [-0.2, 0) is 11.0 Å². The van der Waals surface area contributed by atoms with E-state index in [-0.39, 0.29) is 6.54 Å². The second-order valence-electron chi connectivity index (χ2n) is 4.72. The first-order valence-electron chi connectivity index (χ1n) is 6.39. The standard InChI is InChI=1S/C14H18F3NO2/c1-3-13(4-2,12(19)20)9-18-11-7-5-10(6-8-11)14(15,16)17/h5-8,18H,3-4,9H2,1-2H3,(H,19,20). The second-order valence-corrected chi connectivity index (χ2v) is 4.72. The molecule has 0 aromatic heterocycles. The highest BCUT2D eigenvalue weighted by Crippen LogP contribution is 2.31. The molecule has 0 aliphatic heterocycles. The predicted octanol–water partition coefficient (Wildman–Crippen LogP) is 4.01. The number of carboxylic acid groups (broad SMARTS) is 1. The number of carboxylic acids is 1. The van der Waals surface area contributed by atoms with Crippen molar-refractivity contribution in [2.75, 3.05) is 11.9 Å². The minimum Gasteiger partial charge on any atom is -0.481 e. The van der Waals surface area contributed by atoms with Crippen molar-refractivity contribution in [1.29, 1.82) is 0 Å². The van der Waals surface area contributed by atoms with Crippen LogP contribution in [0.1, 0.15) is 32.3 Å². The first kappa shape index (κ1) is 16.3. The molecule has 0 heterocycles. The van der Waals surface area contributed by atoms with Gasteiger partial charge in [0.25, 0.3) is 0 Å². The maximum atomic E-state index is 12.4. The average molecular weight is 289 g/mol. The summed E-state index contributed by atoms with van der Waals surface area (Å²) >= 11 is 0. The number of aliphatic carboxylic acids is 1. The van der Waals surface area contributed by atoms with Crippen LogP contribution in [0.3, 0.4) is 0 Å². The molecule has 6 heteroatoms. The molecule has 0 atom stereocenters. The van der Waals surface area contributed by atoms with Gasteiger partial charge in [0.15, 0.2) is 0 Å². The van der Waals surface area contributed by atoms with Crippen LogP contribution < -0.4 is 5.32 Å². The van der Waals surface area contributed by atoms with Crippen LogP contribution in [0.5, 0.6) is 0 Å². The van der Waals surface area contributed by atoms with Crippen molar-refractivity contribution in [2.24, 2.45) is 5.41 Å². The Hall–Kier alpha value is -1.72. The van der Waals surface area contributed by atoms with Crippen LogP contribution in [0.15, 0.2) is 24.3 Å². The molecule has 0 unspecified atom stereocenters. The zero-order valence-electron chi connectivity index (χ0n) is 11.4. The molecule has 2 N–H and O–H groups in total. The number of carbonyl (C=O) groups is 1. The van der Waals surface area contributed by atoms with Gasteiger partial charge in [0.2, 0.25) is 0 Å². The Balaban J connectivity index is 2.77. The molecular formula is C14H18F3NO2. The highest BCUT2D eigenvalue weighted by molar-refractivity contribution is 5.75. The Morgan fingerprint density at radius 3 is 2.00 bits per heavy atom. The lowest BCUT2D eigenvalue weighted by molar-refractivity contribution is -0.148. The number of alkyl halides is 3. The van der Waals surface area contributed by atoms with Crippen molar-refractivity contribution < 1.29 is 23.1 Å². The Labute approximate surface area is 115 Å². The summed E-state index contributed by atoms with van der Waals surface area (Å²) in [5.74, 6) is -0.901. The quantitative estimate of drug-likeness (QED) is 0.832. The summed E-state index contributed by atoms with van der Waals surface area (Å²) in [5, 5.41) is 12.2. The second kappa shape index (κ2) is 6.15. The molecule has 1 rings (SSSR count). The number of rotatable bonds is 6. The van der Waals surface area contributed by atoms with Crippen LogP contribution in [0, 0.1) is 5.41 Å². The lowest BCUT2D eigenvalue weighted by atomic mass is 9.82. The van der Waals surface area contributed by atoms with Gasteiger partial charge in [-0.05, 0) is 37.1 Å². The molecule has 20 heavy (non-hydrogen) atoms. The van der Waals surface area contributed by atoms with E-state index in [4.69, 9.17) is 0 Å². The number of halogens is 3. The maximum Gasteiger partial charge on any atom is 0.416 e. The molecule has 112 valence electrons. The lowest BCUT2D eigenvalue weighted by Crippen LogP contribution is -2.36. The van der Waals surface area contributed by atoms with E-state index in [0.29, 0.717) is 18.5 Å². The molecule has 0 saturated carbocycles. The normalized spacial score (nSPS) is 12.2. The lowest BCUT2D eigenvalue weighted by Gasteiger charge is -2.27. The molecule has 0 aliphatic rings. The van der Waals surface area contributed by atoms with Crippen LogP contribution >= 0.6 is 0 Å². The van der Waals surface area contributed by atoms with Crippen molar-refractivity contribution in [3.63, 3.8) is 0 Å². The fourth-order valence-electron chi connectivity index (χ4n) is 1.93. The van der Waals surface area contributed by atoms with Gasteiger partial charge in [0.1, 0.15) is 0 Å². The van der Waals surface area contributed by atoms with E-state index >= 15 is 0 Å². The molecule has 3 nitrogen and oxygen atoms in total. The minimum absolute atomic E-state index is 0.181. The Morgan fingerprint density at radius 1 is 1.15 bits per heavy atom. The number of hydrogen-bond donors (Lipinski definition) is 2.